The van der Waals surface area contributed by atoms with Crippen molar-refractivity contribution in [2.24, 2.45) is 0 Å². The van der Waals surface area contributed by atoms with Gasteiger partial charge in [-0.1, -0.05) is 18.2 Å². The fourth-order valence-electron chi connectivity index (χ4n) is 2.48. The number of H-pyrrole nitrogens is 1. The van der Waals surface area contributed by atoms with Gasteiger partial charge >= 0.3 is 0 Å². The molecule has 0 spiro atoms. The molecule has 1 aromatic carbocycles. The highest BCUT2D eigenvalue weighted by Crippen LogP contribution is 2.31. The van der Waals surface area contributed by atoms with Crippen LogP contribution in [0.5, 0.6) is 5.75 Å². The topological polar surface area (TPSA) is 71.2 Å². The van der Waals surface area contributed by atoms with Gasteiger partial charge in [-0.2, -0.15) is 0 Å². The van der Waals surface area contributed by atoms with E-state index in [0.29, 0.717) is 13.0 Å². The van der Waals surface area contributed by atoms with Crippen molar-refractivity contribution in [3.05, 3.63) is 63.6 Å². The number of nitrogens with one attached hydrogen (secondary N) is 2. The molecule has 0 radical (unpaired) electrons. The van der Waals surface area contributed by atoms with Crippen molar-refractivity contribution in [2.75, 3.05) is 6.61 Å². The number of carbonyl (C=O) groups is 1. The first-order valence-corrected chi connectivity index (χ1v) is 6.87. The van der Waals surface area contributed by atoms with Crippen LogP contribution in [0.4, 0.5) is 0 Å². The SMILES string of the molecule is Cc1ccc(C(=O)NC2CCOc3ccccc32)c(=O)[nH]1. The lowest BCUT2D eigenvalue weighted by molar-refractivity contribution is 0.0923. The van der Waals surface area contributed by atoms with E-state index in [4.69, 9.17) is 4.74 Å². The predicted molar refractivity (Wildman–Crippen MR) is 78.6 cm³/mol. The minimum atomic E-state index is -0.368. The van der Waals surface area contributed by atoms with Crippen LogP contribution in [0.15, 0.2) is 41.2 Å². The Morgan fingerprint density at radius 3 is 2.90 bits per heavy atom. The van der Waals surface area contributed by atoms with Crippen LogP contribution in [-0.4, -0.2) is 17.5 Å². The van der Waals surface area contributed by atoms with Crippen molar-refractivity contribution in [2.45, 2.75) is 19.4 Å². The molecule has 0 bridgehead atoms. The number of rotatable bonds is 2. The molecule has 0 aliphatic carbocycles. The molecule has 2 N–H and O–H groups in total. The van der Waals surface area contributed by atoms with E-state index in [1.165, 1.54) is 0 Å². The number of amides is 1. The number of aromatic nitrogens is 1. The van der Waals surface area contributed by atoms with Crippen LogP contribution in [0.1, 0.15) is 34.1 Å². The molecule has 0 fully saturated rings. The third-order valence-corrected chi connectivity index (χ3v) is 3.56. The molecule has 1 unspecified atom stereocenters. The number of aromatic amines is 1. The maximum Gasteiger partial charge on any atom is 0.260 e. The van der Waals surface area contributed by atoms with Crippen LogP contribution in [-0.2, 0) is 0 Å². The molecule has 5 heteroatoms. The highest BCUT2D eigenvalue weighted by Gasteiger charge is 2.23. The van der Waals surface area contributed by atoms with Crippen LogP contribution >= 0.6 is 0 Å². The lowest BCUT2D eigenvalue weighted by atomic mass is 10.0. The second-order valence-corrected chi connectivity index (χ2v) is 5.09. The van der Waals surface area contributed by atoms with Crippen molar-refractivity contribution in [3.8, 4) is 5.75 Å². The molecule has 1 aromatic heterocycles. The molecule has 1 atom stereocenters. The molecular weight excluding hydrogens is 268 g/mol. The average Bonchev–Trinajstić information content (AvgIpc) is 2.47. The smallest absolute Gasteiger partial charge is 0.260 e. The summed E-state index contributed by atoms with van der Waals surface area (Å²) in [7, 11) is 0. The predicted octanol–water partition coefficient (Wildman–Crippen LogP) is 1.94. The largest absolute Gasteiger partial charge is 0.493 e. The Balaban J connectivity index is 1.84. The third kappa shape index (κ3) is 2.67. The molecule has 21 heavy (non-hydrogen) atoms. The van der Waals surface area contributed by atoms with Gasteiger partial charge in [-0.15, -0.1) is 0 Å². The van der Waals surface area contributed by atoms with Gasteiger partial charge in [0.05, 0.1) is 12.6 Å². The summed E-state index contributed by atoms with van der Waals surface area (Å²) in [5, 5.41) is 2.91. The Bertz CT molecular complexity index is 736. The first kappa shape index (κ1) is 13.4. The first-order valence-electron chi connectivity index (χ1n) is 6.87. The van der Waals surface area contributed by atoms with Crippen LogP contribution in [0, 0.1) is 6.92 Å². The molecule has 2 aromatic rings. The number of ether oxygens (including phenoxy) is 1. The summed E-state index contributed by atoms with van der Waals surface area (Å²) in [5.41, 5.74) is 1.44. The van der Waals surface area contributed by atoms with Crippen molar-refractivity contribution in [3.63, 3.8) is 0 Å². The lowest BCUT2D eigenvalue weighted by Crippen LogP contribution is -2.35. The summed E-state index contributed by atoms with van der Waals surface area (Å²) < 4.78 is 5.56. The van der Waals surface area contributed by atoms with Crippen LogP contribution in [0.3, 0.4) is 0 Å². The maximum atomic E-state index is 12.3. The molecule has 1 amide bonds. The molecule has 108 valence electrons. The van der Waals surface area contributed by atoms with E-state index in [-0.39, 0.29) is 23.1 Å². The third-order valence-electron chi connectivity index (χ3n) is 3.56. The Hall–Kier alpha value is -2.56. The minimum absolute atomic E-state index is 0.129. The summed E-state index contributed by atoms with van der Waals surface area (Å²) >= 11 is 0. The summed E-state index contributed by atoms with van der Waals surface area (Å²) in [5.74, 6) is 0.421. The Morgan fingerprint density at radius 1 is 1.29 bits per heavy atom. The van der Waals surface area contributed by atoms with Crippen LogP contribution in [0.2, 0.25) is 0 Å². The number of hydrogen-bond donors (Lipinski definition) is 2. The van der Waals surface area contributed by atoms with Gasteiger partial charge in [-0.3, -0.25) is 9.59 Å². The van der Waals surface area contributed by atoms with Crippen molar-refractivity contribution in [1.29, 1.82) is 0 Å². The summed E-state index contributed by atoms with van der Waals surface area (Å²) in [4.78, 5) is 26.7. The van der Waals surface area contributed by atoms with Gasteiger partial charge in [0.2, 0.25) is 0 Å². The fourth-order valence-corrected chi connectivity index (χ4v) is 2.48. The number of aryl methyl sites for hydroxylation is 1. The second kappa shape index (κ2) is 5.44. The van der Waals surface area contributed by atoms with Gasteiger partial charge in [0.25, 0.3) is 11.5 Å². The van der Waals surface area contributed by atoms with Gasteiger partial charge in [-0.25, -0.2) is 0 Å². The zero-order valence-corrected chi connectivity index (χ0v) is 11.7. The summed E-state index contributed by atoms with van der Waals surface area (Å²) in [6.45, 7) is 2.32. The minimum Gasteiger partial charge on any atom is -0.493 e. The molecule has 1 aliphatic rings. The molecule has 3 rings (SSSR count). The molecule has 2 heterocycles. The zero-order valence-electron chi connectivity index (χ0n) is 11.7. The molecule has 0 saturated heterocycles. The van der Waals surface area contributed by atoms with Crippen molar-refractivity contribution in [1.82, 2.24) is 10.3 Å². The molecule has 5 nitrogen and oxygen atoms in total. The molecule has 1 aliphatic heterocycles. The molecular formula is C16H16N2O3. The summed E-state index contributed by atoms with van der Waals surface area (Å²) in [6.07, 6.45) is 0.687. The van der Waals surface area contributed by atoms with Gasteiger partial charge in [-0.05, 0) is 25.1 Å². The summed E-state index contributed by atoms with van der Waals surface area (Å²) in [6, 6.07) is 10.7. The number of carbonyl (C=O) groups excluding carboxylic acids is 1. The Kier molecular flexibility index (Phi) is 3.48. The highest BCUT2D eigenvalue weighted by molar-refractivity contribution is 5.94. The normalized spacial score (nSPS) is 16.7. The van der Waals surface area contributed by atoms with Gasteiger partial charge < -0.3 is 15.0 Å². The lowest BCUT2D eigenvalue weighted by Gasteiger charge is -2.26. The van der Waals surface area contributed by atoms with E-state index in [1.807, 2.05) is 24.3 Å². The Morgan fingerprint density at radius 2 is 2.10 bits per heavy atom. The standard InChI is InChI=1S/C16H16N2O3/c1-10-6-7-12(15(19)17-10)16(20)18-13-8-9-21-14-5-3-2-4-11(13)14/h2-7,13H,8-9H2,1H3,(H,17,19)(H,18,20). The van der Waals surface area contributed by atoms with E-state index in [0.717, 1.165) is 17.0 Å². The first-order chi connectivity index (χ1) is 10.1. The van der Waals surface area contributed by atoms with Crippen molar-refractivity contribution < 1.29 is 9.53 Å². The second-order valence-electron chi connectivity index (χ2n) is 5.09. The van der Waals surface area contributed by atoms with E-state index in [2.05, 4.69) is 10.3 Å². The van der Waals surface area contributed by atoms with Crippen molar-refractivity contribution >= 4 is 5.91 Å². The quantitative estimate of drug-likeness (QED) is 0.885. The average molecular weight is 284 g/mol. The highest BCUT2D eigenvalue weighted by atomic mass is 16.5. The van der Waals surface area contributed by atoms with E-state index < -0.39 is 0 Å². The van der Waals surface area contributed by atoms with Gasteiger partial charge in [0.1, 0.15) is 11.3 Å². The number of fused-ring (bicyclic) bond motifs is 1. The Labute approximate surface area is 122 Å². The fraction of sp³-hybridized carbons (Fsp3) is 0.250. The monoisotopic (exact) mass is 284 g/mol. The zero-order chi connectivity index (χ0) is 14.8. The van der Waals surface area contributed by atoms with E-state index >= 15 is 0 Å². The van der Waals surface area contributed by atoms with Gasteiger partial charge in [0, 0.05) is 17.7 Å². The number of para-hydroxylation sites is 1. The number of benzene rings is 1. The van der Waals surface area contributed by atoms with E-state index in [1.54, 1.807) is 19.1 Å². The number of hydrogen-bond acceptors (Lipinski definition) is 3. The van der Waals surface area contributed by atoms with Crippen LogP contribution < -0.4 is 15.6 Å². The molecule has 0 saturated carbocycles. The number of pyridine rings is 1. The van der Waals surface area contributed by atoms with Crippen LogP contribution in [0.25, 0.3) is 0 Å². The maximum absolute atomic E-state index is 12.3. The van der Waals surface area contributed by atoms with E-state index in [9.17, 15) is 9.59 Å². The van der Waals surface area contributed by atoms with Gasteiger partial charge in [0.15, 0.2) is 0 Å².